The standard InChI is InChI=1S/C24H29N5O/c1-2-22-26-13-16-29(22)23-18-25-17-21(27-23)20-11-14-28(15-12-20)24(30)10-6-9-19-7-4-3-5-8-19/h3-5,7-8,13,16-18,20H,2,6,9-12,14-15H2,1H3. The fraction of sp³-hybridized carbons (Fsp3) is 0.417. The number of rotatable bonds is 7. The lowest BCUT2D eigenvalue weighted by Gasteiger charge is -2.32. The predicted molar refractivity (Wildman–Crippen MR) is 116 cm³/mol. The van der Waals surface area contributed by atoms with Gasteiger partial charge < -0.3 is 4.90 Å². The highest BCUT2D eigenvalue weighted by molar-refractivity contribution is 5.76. The molecule has 156 valence electrons. The van der Waals surface area contributed by atoms with Crippen molar-refractivity contribution in [1.29, 1.82) is 0 Å². The predicted octanol–water partition coefficient (Wildman–Crippen LogP) is 3.95. The van der Waals surface area contributed by atoms with Crippen LogP contribution in [0.4, 0.5) is 0 Å². The van der Waals surface area contributed by atoms with E-state index in [4.69, 9.17) is 4.98 Å². The normalized spacial score (nSPS) is 14.8. The average molecular weight is 404 g/mol. The van der Waals surface area contributed by atoms with E-state index in [0.717, 1.165) is 62.5 Å². The molecular formula is C24H29N5O. The van der Waals surface area contributed by atoms with E-state index in [0.29, 0.717) is 12.3 Å². The van der Waals surface area contributed by atoms with E-state index in [9.17, 15) is 4.79 Å². The third kappa shape index (κ3) is 4.75. The molecule has 30 heavy (non-hydrogen) atoms. The zero-order valence-corrected chi connectivity index (χ0v) is 17.6. The molecule has 1 aliphatic rings. The fourth-order valence-corrected chi connectivity index (χ4v) is 4.16. The molecule has 0 bridgehead atoms. The maximum atomic E-state index is 12.6. The molecule has 4 rings (SSSR count). The molecule has 3 aromatic rings. The average Bonchev–Trinajstić information content (AvgIpc) is 3.29. The first kappa shape index (κ1) is 20.3. The van der Waals surface area contributed by atoms with Crippen LogP contribution in [0.1, 0.15) is 55.6 Å². The summed E-state index contributed by atoms with van der Waals surface area (Å²) in [5.41, 5.74) is 2.31. The highest BCUT2D eigenvalue weighted by Crippen LogP contribution is 2.27. The van der Waals surface area contributed by atoms with Gasteiger partial charge in [0.25, 0.3) is 0 Å². The van der Waals surface area contributed by atoms with Crippen LogP contribution in [-0.2, 0) is 17.6 Å². The van der Waals surface area contributed by atoms with Crippen LogP contribution in [-0.4, -0.2) is 43.4 Å². The van der Waals surface area contributed by atoms with E-state index in [-0.39, 0.29) is 5.91 Å². The maximum Gasteiger partial charge on any atom is 0.222 e. The highest BCUT2D eigenvalue weighted by Gasteiger charge is 2.25. The number of hydrogen-bond acceptors (Lipinski definition) is 4. The smallest absolute Gasteiger partial charge is 0.222 e. The van der Waals surface area contributed by atoms with Gasteiger partial charge in [-0.3, -0.25) is 14.3 Å². The number of aromatic nitrogens is 4. The van der Waals surface area contributed by atoms with Crippen molar-refractivity contribution in [3.63, 3.8) is 0 Å². The van der Waals surface area contributed by atoms with Crippen molar-refractivity contribution in [1.82, 2.24) is 24.4 Å². The molecule has 1 fully saturated rings. The minimum Gasteiger partial charge on any atom is -0.343 e. The second-order valence-corrected chi connectivity index (χ2v) is 7.86. The van der Waals surface area contributed by atoms with E-state index < -0.39 is 0 Å². The van der Waals surface area contributed by atoms with E-state index in [2.05, 4.69) is 41.2 Å². The molecule has 0 unspecified atom stereocenters. The van der Waals surface area contributed by atoms with E-state index in [1.54, 1.807) is 12.4 Å². The van der Waals surface area contributed by atoms with Crippen molar-refractivity contribution in [2.24, 2.45) is 0 Å². The van der Waals surface area contributed by atoms with Gasteiger partial charge in [-0.05, 0) is 31.2 Å². The van der Waals surface area contributed by atoms with Crippen molar-refractivity contribution in [2.45, 2.75) is 51.4 Å². The SMILES string of the molecule is CCc1nccn1-c1cncc(C2CCN(C(=O)CCCc3ccccc3)CC2)n1. The number of carbonyl (C=O) groups is 1. The minimum absolute atomic E-state index is 0.273. The Morgan fingerprint density at radius 1 is 1.13 bits per heavy atom. The van der Waals surface area contributed by atoms with Crippen LogP contribution in [0.5, 0.6) is 0 Å². The molecule has 1 amide bonds. The largest absolute Gasteiger partial charge is 0.343 e. The number of nitrogens with zero attached hydrogens (tertiary/aromatic N) is 5. The molecule has 0 radical (unpaired) electrons. The van der Waals surface area contributed by atoms with Gasteiger partial charge in [0.05, 0.1) is 11.9 Å². The van der Waals surface area contributed by atoms with Crippen molar-refractivity contribution < 1.29 is 4.79 Å². The Balaban J connectivity index is 1.30. The molecule has 3 heterocycles. The van der Waals surface area contributed by atoms with Crippen LogP contribution in [0.2, 0.25) is 0 Å². The van der Waals surface area contributed by atoms with Crippen LogP contribution in [0.15, 0.2) is 55.1 Å². The zero-order valence-electron chi connectivity index (χ0n) is 17.6. The number of amides is 1. The van der Waals surface area contributed by atoms with Gasteiger partial charge in [-0.15, -0.1) is 0 Å². The molecule has 0 aliphatic carbocycles. The van der Waals surface area contributed by atoms with Gasteiger partial charge >= 0.3 is 0 Å². The van der Waals surface area contributed by atoms with Crippen LogP contribution < -0.4 is 0 Å². The lowest BCUT2D eigenvalue weighted by molar-refractivity contribution is -0.132. The lowest BCUT2D eigenvalue weighted by atomic mass is 9.93. The molecule has 1 saturated heterocycles. The van der Waals surface area contributed by atoms with E-state index in [1.165, 1.54) is 5.56 Å². The lowest BCUT2D eigenvalue weighted by Crippen LogP contribution is -2.38. The van der Waals surface area contributed by atoms with Crippen LogP contribution in [0.3, 0.4) is 0 Å². The third-order valence-corrected chi connectivity index (χ3v) is 5.89. The quantitative estimate of drug-likeness (QED) is 0.599. The molecule has 0 spiro atoms. The Bertz CT molecular complexity index is 960. The number of carbonyl (C=O) groups excluding carboxylic acids is 1. The second kappa shape index (κ2) is 9.65. The summed E-state index contributed by atoms with van der Waals surface area (Å²) in [4.78, 5) is 28.3. The Hall–Kier alpha value is -3.02. The number of imidazole rings is 1. The number of likely N-dealkylation sites (tertiary alicyclic amines) is 1. The number of aryl methyl sites for hydroxylation is 2. The molecular weight excluding hydrogens is 374 g/mol. The maximum absolute atomic E-state index is 12.6. The van der Waals surface area contributed by atoms with Crippen LogP contribution in [0.25, 0.3) is 5.82 Å². The molecule has 6 nitrogen and oxygen atoms in total. The first-order valence-electron chi connectivity index (χ1n) is 10.9. The van der Waals surface area contributed by atoms with Gasteiger partial charge in [0.1, 0.15) is 5.82 Å². The van der Waals surface area contributed by atoms with Crippen LogP contribution in [0, 0.1) is 0 Å². The highest BCUT2D eigenvalue weighted by atomic mass is 16.2. The Morgan fingerprint density at radius 3 is 2.70 bits per heavy atom. The topological polar surface area (TPSA) is 63.9 Å². The monoisotopic (exact) mass is 403 g/mol. The third-order valence-electron chi connectivity index (χ3n) is 5.89. The first-order valence-corrected chi connectivity index (χ1v) is 10.9. The summed E-state index contributed by atoms with van der Waals surface area (Å²) in [6.07, 6.45) is 12.6. The van der Waals surface area contributed by atoms with Crippen molar-refractivity contribution >= 4 is 5.91 Å². The summed E-state index contributed by atoms with van der Waals surface area (Å²) < 4.78 is 2.00. The van der Waals surface area contributed by atoms with Crippen molar-refractivity contribution in [3.05, 3.63) is 72.2 Å². The minimum atomic E-state index is 0.273. The van der Waals surface area contributed by atoms with Gasteiger partial charge in [-0.2, -0.15) is 0 Å². The summed E-state index contributed by atoms with van der Waals surface area (Å²) >= 11 is 0. The zero-order chi connectivity index (χ0) is 20.8. The van der Waals surface area contributed by atoms with Gasteiger partial charge in [0, 0.05) is 50.4 Å². The van der Waals surface area contributed by atoms with E-state index in [1.807, 2.05) is 27.9 Å². The molecule has 0 saturated carbocycles. The second-order valence-electron chi connectivity index (χ2n) is 7.86. The Morgan fingerprint density at radius 2 is 1.93 bits per heavy atom. The van der Waals surface area contributed by atoms with Gasteiger partial charge in [0.2, 0.25) is 5.91 Å². The van der Waals surface area contributed by atoms with Crippen molar-refractivity contribution in [2.75, 3.05) is 13.1 Å². The summed E-state index contributed by atoms with van der Waals surface area (Å²) in [7, 11) is 0. The molecule has 1 aromatic carbocycles. The summed E-state index contributed by atoms with van der Waals surface area (Å²) in [6, 6.07) is 10.4. The Labute approximate surface area is 178 Å². The van der Waals surface area contributed by atoms with Crippen LogP contribution >= 0.6 is 0 Å². The van der Waals surface area contributed by atoms with Gasteiger partial charge in [-0.1, -0.05) is 37.3 Å². The summed E-state index contributed by atoms with van der Waals surface area (Å²) in [6.45, 7) is 3.68. The number of piperidine rings is 1. The fourth-order valence-electron chi connectivity index (χ4n) is 4.16. The van der Waals surface area contributed by atoms with Gasteiger partial charge in [-0.25, -0.2) is 9.97 Å². The van der Waals surface area contributed by atoms with Gasteiger partial charge in [0.15, 0.2) is 5.82 Å². The summed E-state index contributed by atoms with van der Waals surface area (Å²) in [5.74, 6) is 2.42. The molecule has 0 N–H and O–H groups in total. The number of benzene rings is 1. The van der Waals surface area contributed by atoms with Crippen molar-refractivity contribution in [3.8, 4) is 5.82 Å². The molecule has 1 aliphatic heterocycles. The molecule has 6 heteroatoms. The first-order chi connectivity index (χ1) is 14.7. The molecule has 2 aromatic heterocycles. The van der Waals surface area contributed by atoms with E-state index >= 15 is 0 Å². The number of hydrogen-bond donors (Lipinski definition) is 0. The Kier molecular flexibility index (Phi) is 6.52. The summed E-state index contributed by atoms with van der Waals surface area (Å²) in [5, 5.41) is 0. The molecule has 0 atom stereocenters.